The Morgan fingerprint density at radius 2 is 1.69 bits per heavy atom. The van der Waals surface area contributed by atoms with E-state index in [2.05, 4.69) is 5.32 Å². The van der Waals surface area contributed by atoms with Crippen molar-refractivity contribution in [2.75, 3.05) is 13.2 Å². The Kier molecular flexibility index (Phi) is 8.23. The van der Waals surface area contributed by atoms with Crippen LogP contribution in [0, 0.1) is 0 Å². The molecule has 3 aromatic rings. The summed E-state index contributed by atoms with van der Waals surface area (Å²) in [6.07, 6.45) is -0.155. The molecule has 0 saturated carbocycles. The normalized spacial score (nSPS) is 21.3. The van der Waals surface area contributed by atoms with Gasteiger partial charge >= 0.3 is 0 Å². The molecule has 0 bridgehead atoms. The predicted octanol–water partition coefficient (Wildman–Crippen LogP) is 3.89. The average molecular weight is 567 g/mol. The topological polar surface area (TPSA) is 99.1 Å². The number of hydrogen-bond donors (Lipinski definition) is 3. The highest BCUT2D eigenvalue weighted by Gasteiger charge is 2.50. The summed E-state index contributed by atoms with van der Waals surface area (Å²) in [5, 5.41) is 24.4. The first-order valence-electron chi connectivity index (χ1n) is 12.7. The van der Waals surface area contributed by atoms with Crippen LogP contribution in [0.5, 0.6) is 5.75 Å². The largest absolute Gasteiger partial charge is 0.486 e. The fraction of sp³-hybridized carbons (Fsp3) is 0.267. The van der Waals surface area contributed by atoms with Gasteiger partial charge in [0.1, 0.15) is 18.0 Å². The van der Waals surface area contributed by atoms with Crippen LogP contribution in [0.3, 0.4) is 0 Å². The van der Waals surface area contributed by atoms with Gasteiger partial charge in [-0.1, -0.05) is 77.8 Å². The lowest BCUT2D eigenvalue weighted by atomic mass is 9.77. The molecule has 39 heavy (non-hydrogen) atoms. The number of aliphatic hydroxyl groups excluding tert-OH is 2. The SMILES string of the molecule is O=C(NCCO)C1=CC(N(Cc2ccc(Cl)c(Cl)c2)C(=O)Cc2ccccc2)C(O)C2Oc3ccccc3C12. The fourth-order valence-corrected chi connectivity index (χ4v) is 5.58. The third kappa shape index (κ3) is 5.68. The number of carbonyl (C=O) groups is 2. The van der Waals surface area contributed by atoms with Crippen LogP contribution in [0.25, 0.3) is 0 Å². The maximum Gasteiger partial charge on any atom is 0.247 e. The lowest BCUT2D eigenvalue weighted by molar-refractivity contribution is -0.137. The molecule has 2 amide bonds. The quantitative estimate of drug-likeness (QED) is 0.384. The third-order valence-corrected chi connectivity index (χ3v) is 7.83. The van der Waals surface area contributed by atoms with Gasteiger partial charge in [-0.05, 0) is 35.4 Å². The molecule has 4 atom stereocenters. The predicted molar refractivity (Wildman–Crippen MR) is 149 cm³/mol. The second-order valence-corrected chi connectivity index (χ2v) is 10.4. The monoisotopic (exact) mass is 566 g/mol. The van der Waals surface area contributed by atoms with E-state index in [0.717, 1.165) is 16.7 Å². The summed E-state index contributed by atoms with van der Waals surface area (Å²) in [5.41, 5.74) is 2.70. The number of hydrogen-bond acceptors (Lipinski definition) is 5. The number of nitrogens with one attached hydrogen (secondary N) is 1. The molecule has 3 N–H and O–H groups in total. The van der Waals surface area contributed by atoms with Gasteiger partial charge < -0.3 is 25.2 Å². The number of para-hydroxylation sites is 1. The molecule has 2 aliphatic rings. The van der Waals surface area contributed by atoms with Crippen molar-refractivity contribution in [3.05, 3.63) is 111 Å². The Morgan fingerprint density at radius 1 is 0.949 bits per heavy atom. The van der Waals surface area contributed by atoms with E-state index in [1.165, 1.54) is 0 Å². The molecule has 0 spiro atoms. The van der Waals surface area contributed by atoms with E-state index in [9.17, 15) is 19.8 Å². The Labute approximate surface area is 236 Å². The van der Waals surface area contributed by atoms with Crippen molar-refractivity contribution in [1.82, 2.24) is 10.2 Å². The number of ether oxygens (including phenoxy) is 1. The van der Waals surface area contributed by atoms with E-state index in [1.807, 2.05) is 48.5 Å². The first-order valence-corrected chi connectivity index (χ1v) is 13.4. The molecule has 1 aliphatic carbocycles. The molecule has 0 saturated heterocycles. The van der Waals surface area contributed by atoms with Crippen LogP contribution in [0.2, 0.25) is 10.0 Å². The first-order chi connectivity index (χ1) is 18.9. The number of nitrogens with zero attached hydrogens (tertiary/aromatic N) is 1. The molecule has 0 aromatic heterocycles. The molecule has 202 valence electrons. The summed E-state index contributed by atoms with van der Waals surface area (Å²) in [6, 6.07) is 20.9. The van der Waals surface area contributed by atoms with Gasteiger partial charge in [0.15, 0.2) is 0 Å². The molecule has 3 aromatic carbocycles. The number of aliphatic hydroxyl groups is 2. The van der Waals surface area contributed by atoms with E-state index in [0.29, 0.717) is 21.4 Å². The second-order valence-electron chi connectivity index (χ2n) is 9.61. The van der Waals surface area contributed by atoms with Crippen LogP contribution in [0.1, 0.15) is 22.6 Å². The Balaban J connectivity index is 1.56. The number of amides is 2. The van der Waals surface area contributed by atoms with Crippen molar-refractivity contribution < 1.29 is 24.5 Å². The van der Waals surface area contributed by atoms with E-state index in [4.69, 9.17) is 27.9 Å². The average Bonchev–Trinajstić information content (AvgIpc) is 3.33. The van der Waals surface area contributed by atoms with Crippen LogP contribution in [0.15, 0.2) is 84.4 Å². The summed E-state index contributed by atoms with van der Waals surface area (Å²) in [6.45, 7) is -0.0227. The van der Waals surface area contributed by atoms with E-state index in [1.54, 1.807) is 35.2 Å². The van der Waals surface area contributed by atoms with Crippen molar-refractivity contribution >= 4 is 35.0 Å². The van der Waals surface area contributed by atoms with Crippen molar-refractivity contribution in [2.45, 2.75) is 37.1 Å². The Bertz CT molecular complexity index is 1400. The lowest BCUT2D eigenvalue weighted by Gasteiger charge is -2.41. The standard InChI is InChI=1S/C30H28Cl2N2O5/c31-22-11-10-19(14-23(22)32)17-34(26(36)15-18-6-2-1-3-7-18)24-16-21(30(38)33-12-13-35)27-20-8-4-5-9-25(20)39-29(27)28(24)37/h1-11,14,16,24,27-29,35,37H,12-13,15,17H2,(H,33,38). The zero-order valence-corrected chi connectivity index (χ0v) is 22.5. The van der Waals surface area contributed by atoms with Crippen LogP contribution >= 0.6 is 23.2 Å². The van der Waals surface area contributed by atoms with Gasteiger partial charge in [-0.2, -0.15) is 0 Å². The van der Waals surface area contributed by atoms with Gasteiger partial charge in [-0.25, -0.2) is 0 Å². The minimum absolute atomic E-state index is 0.0726. The van der Waals surface area contributed by atoms with Crippen LogP contribution < -0.4 is 10.1 Å². The van der Waals surface area contributed by atoms with Gasteiger partial charge in [0.2, 0.25) is 11.8 Å². The third-order valence-electron chi connectivity index (χ3n) is 7.09. The molecule has 4 unspecified atom stereocenters. The Hall–Kier alpha value is -3.36. The molecule has 1 heterocycles. The summed E-state index contributed by atoms with van der Waals surface area (Å²) in [7, 11) is 0. The highest BCUT2D eigenvalue weighted by Crippen LogP contribution is 2.47. The molecule has 5 rings (SSSR count). The van der Waals surface area contributed by atoms with Crippen molar-refractivity contribution in [2.24, 2.45) is 0 Å². The van der Waals surface area contributed by atoms with Gasteiger partial charge in [0.05, 0.1) is 35.0 Å². The van der Waals surface area contributed by atoms with Crippen molar-refractivity contribution in [3.8, 4) is 5.75 Å². The maximum absolute atomic E-state index is 13.8. The van der Waals surface area contributed by atoms with Gasteiger partial charge in [-0.15, -0.1) is 0 Å². The summed E-state index contributed by atoms with van der Waals surface area (Å²) in [4.78, 5) is 28.7. The highest BCUT2D eigenvalue weighted by molar-refractivity contribution is 6.42. The number of halogens is 2. The summed E-state index contributed by atoms with van der Waals surface area (Å²) in [5.74, 6) is -0.570. The van der Waals surface area contributed by atoms with Crippen LogP contribution in [-0.2, 0) is 22.6 Å². The summed E-state index contributed by atoms with van der Waals surface area (Å²) >= 11 is 12.4. The van der Waals surface area contributed by atoms with Gasteiger partial charge in [-0.3, -0.25) is 9.59 Å². The number of rotatable bonds is 8. The molecule has 0 radical (unpaired) electrons. The minimum Gasteiger partial charge on any atom is -0.486 e. The highest BCUT2D eigenvalue weighted by atomic mass is 35.5. The molecular weight excluding hydrogens is 539 g/mol. The Morgan fingerprint density at radius 3 is 2.44 bits per heavy atom. The lowest BCUT2D eigenvalue weighted by Crippen LogP contribution is -2.55. The van der Waals surface area contributed by atoms with Crippen LogP contribution in [0.4, 0.5) is 0 Å². The molecule has 1 aliphatic heterocycles. The van der Waals surface area contributed by atoms with Gasteiger partial charge in [0, 0.05) is 24.2 Å². The van der Waals surface area contributed by atoms with Crippen molar-refractivity contribution in [3.63, 3.8) is 0 Å². The zero-order valence-electron chi connectivity index (χ0n) is 21.0. The summed E-state index contributed by atoms with van der Waals surface area (Å²) < 4.78 is 6.17. The van der Waals surface area contributed by atoms with Crippen molar-refractivity contribution in [1.29, 1.82) is 0 Å². The molecule has 9 heteroatoms. The molecule has 0 fully saturated rings. The number of fused-ring (bicyclic) bond motifs is 3. The second kappa shape index (κ2) is 11.8. The van der Waals surface area contributed by atoms with E-state index in [-0.39, 0.29) is 37.9 Å². The van der Waals surface area contributed by atoms with E-state index < -0.39 is 24.2 Å². The van der Waals surface area contributed by atoms with Gasteiger partial charge in [0.25, 0.3) is 0 Å². The minimum atomic E-state index is -1.13. The number of carbonyl (C=O) groups excluding carboxylic acids is 2. The molecule has 7 nitrogen and oxygen atoms in total. The smallest absolute Gasteiger partial charge is 0.247 e. The zero-order chi connectivity index (χ0) is 27.5. The first kappa shape index (κ1) is 27.2. The van der Waals surface area contributed by atoms with E-state index >= 15 is 0 Å². The number of benzene rings is 3. The molecular formula is C30H28Cl2N2O5. The fourth-order valence-electron chi connectivity index (χ4n) is 5.26. The van der Waals surface area contributed by atoms with Crippen LogP contribution in [-0.4, -0.2) is 58.3 Å². The maximum atomic E-state index is 13.8.